The Morgan fingerprint density at radius 1 is 1.45 bits per heavy atom. The number of aromatic nitrogens is 1. The molecule has 1 atom stereocenters. The summed E-state index contributed by atoms with van der Waals surface area (Å²) in [5.74, 6) is 0. The van der Waals surface area contributed by atoms with E-state index in [2.05, 4.69) is 4.98 Å². The van der Waals surface area contributed by atoms with Crippen LogP contribution in [-0.4, -0.2) is 49.1 Å². The molecule has 0 fully saturated rings. The van der Waals surface area contributed by atoms with Crippen LogP contribution in [0.3, 0.4) is 0 Å². The molecule has 7 heteroatoms. The third-order valence-corrected chi connectivity index (χ3v) is 5.08. The Morgan fingerprint density at radius 2 is 2.15 bits per heavy atom. The van der Waals surface area contributed by atoms with Crippen LogP contribution in [0.15, 0.2) is 23.4 Å². The van der Waals surface area contributed by atoms with Crippen molar-refractivity contribution < 1.29 is 18.3 Å². The number of nitrogens with zero attached hydrogens (tertiary/aromatic N) is 2. The zero-order chi connectivity index (χ0) is 15.2. The summed E-state index contributed by atoms with van der Waals surface area (Å²) in [7, 11) is -2.11. The first kappa shape index (κ1) is 17.0. The van der Waals surface area contributed by atoms with Gasteiger partial charge >= 0.3 is 0 Å². The van der Waals surface area contributed by atoms with Crippen molar-refractivity contribution in [2.75, 3.05) is 20.3 Å². The summed E-state index contributed by atoms with van der Waals surface area (Å²) >= 11 is 0. The zero-order valence-electron chi connectivity index (χ0n) is 12.1. The number of hydrogen-bond acceptors (Lipinski definition) is 5. The molecule has 6 nitrogen and oxygen atoms in total. The lowest BCUT2D eigenvalue weighted by molar-refractivity contribution is 0.167. The van der Waals surface area contributed by atoms with E-state index in [-0.39, 0.29) is 24.2 Å². The number of hydrogen-bond donors (Lipinski definition) is 1. The van der Waals surface area contributed by atoms with Crippen LogP contribution in [0.1, 0.15) is 25.8 Å². The number of methoxy groups -OCH3 is 1. The SMILES string of the molecule is CCC(C)N(CCOC)S(=O)(=O)c1ccc(CO)cn1. The molecular weight excluding hydrogens is 280 g/mol. The van der Waals surface area contributed by atoms with E-state index < -0.39 is 10.0 Å². The smallest absolute Gasteiger partial charge is 0.260 e. The lowest BCUT2D eigenvalue weighted by Gasteiger charge is -2.26. The summed E-state index contributed by atoms with van der Waals surface area (Å²) in [5.41, 5.74) is 0.580. The summed E-state index contributed by atoms with van der Waals surface area (Å²) in [6, 6.07) is 2.85. The quantitative estimate of drug-likeness (QED) is 0.775. The minimum absolute atomic E-state index is 0.00824. The summed E-state index contributed by atoms with van der Waals surface area (Å²) in [6.07, 6.45) is 2.08. The molecule has 20 heavy (non-hydrogen) atoms. The highest BCUT2D eigenvalue weighted by atomic mass is 32.2. The van der Waals surface area contributed by atoms with E-state index in [9.17, 15) is 8.42 Å². The van der Waals surface area contributed by atoms with Crippen molar-refractivity contribution in [1.29, 1.82) is 0 Å². The second-order valence-corrected chi connectivity index (χ2v) is 6.37. The van der Waals surface area contributed by atoms with Crippen molar-refractivity contribution in [1.82, 2.24) is 9.29 Å². The minimum atomic E-state index is -3.65. The maximum Gasteiger partial charge on any atom is 0.260 e. The molecule has 0 aliphatic heterocycles. The summed E-state index contributed by atoms with van der Waals surface area (Å²) < 4.78 is 31.5. The van der Waals surface area contributed by atoms with Crippen molar-refractivity contribution >= 4 is 10.0 Å². The second kappa shape index (κ2) is 7.68. The lowest BCUT2D eigenvalue weighted by Crippen LogP contribution is -2.40. The third kappa shape index (κ3) is 3.99. The van der Waals surface area contributed by atoms with Crippen LogP contribution in [0.2, 0.25) is 0 Å². The zero-order valence-corrected chi connectivity index (χ0v) is 12.9. The highest BCUT2D eigenvalue weighted by Crippen LogP contribution is 2.18. The Morgan fingerprint density at radius 3 is 2.60 bits per heavy atom. The van der Waals surface area contributed by atoms with Crippen LogP contribution >= 0.6 is 0 Å². The number of aliphatic hydroxyl groups excluding tert-OH is 1. The van der Waals surface area contributed by atoms with Gasteiger partial charge in [0.1, 0.15) is 0 Å². The van der Waals surface area contributed by atoms with Crippen molar-refractivity contribution in [2.24, 2.45) is 0 Å². The topological polar surface area (TPSA) is 79.7 Å². The van der Waals surface area contributed by atoms with Gasteiger partial charge in [-0.1, -0.05) is 13.0 Å². The normalized spacial score (nSPS) is 13.7. The monoisotopic (exact) mass is 302 g/mol. The van der Waals surface area contributed by atoms with E-state index in [4.69, 9.17) is 9.84 Å². The van der Waals surface area contributed by atoms with E-state index in [0.29, 0.717) is 18.6 Å². The number of rotatable bonds is 8. The molecule has 114 valence electrons. The largest absolute Gasteiger partial charge is 0.392 e. The minimum Gasteiger partial charge on any atom is -0.392 e. The Labute approximate surface area is 120 Å². The lowest BCUT2D eigenvalue weighted by atomic mass is 10.3. The Balaban J connectivity index is 3.07. The molecule has 0 bridgehead atoms. The van der Waals surface area contributed by atoms with E-state index in [1.54, 1.807) is 6.07 Å². The van der Waals surface area contributed by atoms with Gasteiger partial charge in [-0.25, -0.2) is 13.4 Å². The summed E-state index contributed by atoms with van der Waals surface area (Å²) in [4.78, 5) is 3.94. The molecule has 1 aromatic rings. The Bertz CT molecular complexity index is 502. The molecule has 0 aromatic carbocycles. The fourth-order valence-corrected chi connectivity index (χ4v) is 3.34. The molecule has 0 aliphatic carbocycles. The molecule has 0 saturated carbocycles. The molecule has 1 unspecified atom stereocenters. The Kier molecular flexibility index (Phi) is 6.54. The number of sulfonamides is 1. The van der Waals surface area contributed by atoms with Gasteiger partial charge in [-0.3, -0.25) is 0 Å². The van der Waals surface area contributed by atoms with Crippen LogP contribution in [0.5, 0.6) is 0 Å². The van der Waals surface area contributed by atoms with E-state index in [0.717, 1.165) is 0 Å². The van der Waals surface area contributed by atoms with Gasteiger partial charge in [-0.05, 0) is 25.0 Å². The van der Waals surface area contributed by atoms with Gasteiger partial charge in [-0.15, -0.1) is 0 Å². The fraction of sp³-hybridized carbons (Fsp3) is 0.615. The van der Waals surface area contributed by atoms with Crippen molar-refractivity contribution in [3.05, 3.63) is 23.9 Å². The highest BCUT2D eigenvalue weighted by molar-refractivity contribution is 7.89. The second-order valence-electron chi connectivity index (χ2n) is 4.53. The van der Waals surface area contributed by atoms with Crippen LogP contribution in [0, 0.1) is 0 Å². The molecule has 1 N–H and O–H groups in total. The standard InChI is InChI=1S/C13H22N2O4S/c1-4-11(2)15(7-8-19-3)20(17,18)13-6-5-12(10-16)9-14-13/h5-6,9,11,16H,4,7-8,10H2,1-3H3. The molecule has 0 spiro atoms. The molecule has 0 aliphatic rings. The van der Waals surface area contributed by atoms with E-state index in [1.807, 2.05) is 13.8 Å². The van der Waals surface area contributed by atoms with Gasteiger partial charge < -0.3 is 9.84 Å². The van der Waals surface area contributed by atoms with Gasteiger partial charge in [0.2, 0.25) is 0 Å². The number of aliphatic hydroxyl groups is 1. The van der Waals surface area contributed by atoms with Gasteiger partial charge in [0.15, 0.2) is 5.03 Å². The van der Waals surface area contributed by atoms with E-state index >= 15 is 0 Å². The van der Waals surface area contributed by atoms with Crippen molar-refractivity contribution in [2.45, 2.75) is 37.9 Å². The maximum absolute atomic E-state index is 12.6. The average molecular weight is 302 g/mol. The predicted molar refractivity (Wildman–Crippen MR) is 75.7 cm³/mol. The first-order valence-corrected chi connectivity index (χ1v) is 7.98. The van der Waals surface area contributed by atoms with E-state index in [1.165, 1.54) is 23.7 Å². The molecule has 0 radical (unpaired) electrons. The molecule has 0 amide bonds. The van der Waals surface area contributed by atoms with Crippen LogP contribution in [-0.2, 0) is 21.4 Å². The molecule has 1 heterocycles. The van der Waals surface area contributed by atoms with Gasteiger partial charge in [-0.2, -0.15) is 4.31 Å². The van der Waals surface area contributed by atoms with Crippen molar-refractivity contribution in [3.8, 4) is 0 Å². The molecular formula is C13H22N2O4S. The third-order valence-electron chi connectivity index (χ3n) is 3.15. The molecule has 1 rings (SSSR count). The number of ether oxygens (including phenoxy) is 1. The number of pyridine rings is 1. The van der Waals surface area contributed by atoms with Crippen LogP contribution in [0.4, 0.5) is 0 Å². The average Bonchev–Trinajstić information content (AvgIpc) is 2.47. The molecule has 0 saturated heterocycles. The fourth-order valence-electron chi connectivity index (χ4n) is 1.74. The van der Waals surface area contributed by atoms with Gasteiger partial charge in [0.25, 0.3) is 10.0 Å². The van der Waals surface area contributed by atoms with Gasteiger partial charge in [0.05, 0.1) is 13.2 Å². The summed E-state index contributed by atoms with van der Waals surface area (Å²) in [6.45, 7) is 4.25. The van der Waals surface area contributed by atoms with Crippen LogP contribution < -0.4 is 0 Å². The first-order chi connectivity index (χ1) is 9.47. The highest BCUT2D eigenvalue weighted by Gasteiger charge is 2.29. The molecule has 1 aromatic heterocycles. The Hall–Kier alpha value is -1.02. The van der Waals surface area contributed by atoms with Crippen molar-refractivity contribution in [3.63, 3.8) is 0 Å². The maximum atomic E-state index is 12.6. The first-order valence-electron chi connectivity index (χ1n) is 6.54. The van der Waals surface area contributed by atoms with Crippen LogP contribution in [0.25, 0.3) is 0 Å². The summed E-state index contributed by atoms with van der Waals surface area (Å²) in [5, 5.41) is 8.96. The predicted octanol–water partition coefficient (Wildman–Crippen LogP) is 1.01. The van der Waals surface area contributed by atoms with Gasteiger partial charge in [0, 0.05) is 25.9 Å².